The molecule has 2 heterocycles. The first-order valence-corrected chi connectivity index (χ1v) is 6.06. The van der Waals surface area contributed by atoms with Crippen molar-refractivity contribution in [1.29, 1.82) is 0 Å². The van der Waals surface area contributed by atoms with Crippen LogP contribution in [0.25, 0.3) is 17.1 Å². The molecule has 0 fully saturated rings. The van der Waals surface area contributed by atoms with Gasteiger partial charge in [0.15, 0.2) is 5.69 Å². The van der Waals surface area contributed by atoms with Crippen LogP contribution in [0.3, 0.4) is 0 Å². The maximum Gasteiger partial charge on any atom is 0.357 e. The zero-order chi connectivity index (χ0) is 15.0. The van der Waals surface area contributed by atoms with Crippen molar-refractivity contribution in [2.75, 3.05) is 0 Å². The number of hydrogen-bond donors (Lipinski definition) is 1. The van der Waals surface area contributed by atoms with Crippen molar-refractivity contribution in [2.45, 2.75) is 6.92 Å². The number of benzene rings is 1. The van der Waals surface area contributed by atoms with Crippen LogP contribution in [0.5, 0.6) is 0 Å². The van der Waals surface area contributed by atoms with Gasteiger partial charge in [-0.2, -0.15) is 5.10 Å². The number of carbonyl (C=O) groups is 1. The molecular weight excluding hydrogens is 277 g/mol. The highest BCUT2D eigenvalue weighted by Gasteiger charge is 2.17. The maximum atomic E-state index is 12.9. The van der Waals surface area contributed by atoms with Crippen molar-refractivity contribution < 1.29 is 18.7 Å². The van der Waals surface area contributed by atoms with Gasteiger partial charge in [-0.05, 0) is 31.2 Å². The van der Waals surface area contributed by atoms with Crippen LogP contribution in [0.1, 0.15) is 16.2 Å². The van der Waals surface area contributed by atoms with Gasteiger partial charge in [0.05, 0.1) is 23.1 Å². The number of rotatable bonds is 3. The van der Waals surface area contributed by atoms with Gasteiger partial charge >= 0.3 is 5.97 Å². The van der Waals surface area contributed by atoms with Gasteiger partial charge < -0.3 is 9.52 Å². The Balaban J connectivity index is 2.02. The molecule has 0 bridgehead atoms. The van der Waals surface area contributed by atoms with E-state index in [0.29, 0.717) is 16.9 Å². The van der Waals surface area contributed by atoms with Gasteiger partial charge in [0.25, 0.3) is 0 Å². The van der Waals surface area contributed by atoms with Crippen molar-refractivity contribution in [1.82, 2.24) is 14.8 Å². The molecule has 3 rings (SSSR count). The van der Waals surface area contributed by atoms with Gasteiger partial charge in [-0.3, -0.25) is 0 Å². The first-order valence-electron chi connectivity index (χ1n) is 6.06. The SMILES string of the molecule is Cc1c(-c2nc(C(=O)O)co2)cnn1-c1ccc(F)cc1. The lowest BCUT2D eigenvalue weighted by atomic mass is 10.2. The Kier molecular flexibility index (Phi) is 3.02. The molecule has 0 atom stereocenters. The Morgan fingerprint density at radius 1 is 1.33 bits per heavy atom. The number of hydrogen-bond acceptors (Lipinski definition) is 4. The van der Waals surface area contributed by atoms with Gasteiger partial charge in [-0.1, -0.05) is 0 Å². The first kappa shape index (κ1) is 13.0. The van der Waals surface area contributed by atoms with Crippen molar-refractivity contribution >= 4 is 5.97 Å². The molecule has 0 aliphatic heterocycles. The van der Waals surface area contributed by atoms with Gasteiger partial charge in [-0.25, -0.2) is 18.9 Å². The molecule has 6 nitrogen and oxygen atoms in total. The summed E-state index contributed by atoms with van der Waals surface area (Å²) in [5.74, 6) is -1.31. The number of aromatic carboxylic acids is 1. The topological polar surface area (TPSA) is 81.2 Å². The van der Waals surface area contributed by atoms with E-state index >= 15 is 0 Å². The van der Waals surface area contributed by atoms with Crippen LogP contribution in [-0.2, 0) is 0 Å². The Labute approximate surface area is 118 Å². The highest BCUT2D eigenvalue weighted by atomic mass is 19.1. The fraction of sp³-hybridized carbons (Fsp3) is 0.0714. The van der Waals surface area contributed by atoms with Crippen LogP contribution in [0.15, 0.2) is 41.1 Å². The van der Waals surface area contributed by atoms with Gasteiger partial charge in [0.1, 0.15) is 12.1 Å². The standard InChI is InChI=1S/C14H10FN3O3/c1-8-11(13-17-12(7-21-13)14(19)20)6-16-18(8)10-4-2-9(15)3-5-10/h2-7H,1H3,(H,19,20). The van der Waals surface area contributed by atoms with Gasteiger partial charge in [0.2, 0.25) is 5.89 Å². The third kappa shape index (κ3) is 2.29. The summed E-state index contributed by atoms with van der Waals surface area (Å²) in [7, 11) is 0. The molecule has 7 heteroatoms. The number of oxazole rings is 1. The van der Waals surface area contributed by atoms with E-state index in [9.17, 15) is 9.18 Å². The summed E-state index contributed by atoms with van der Waals surface area (Å²) in [6.07, 6.45) is 2.60. The van der Waals surface area contributed by atoms with Crippen LogP contribution in [-0.4, -0.2) is 25.8 Å². The minimum absolute atomic E-state index is 0.168. The first-order chi connectivity index (χ1) is 10.1. The highest BCUT2D eigenvalue weighted by Crippen LogP contribution is 2.24. The predicted molar refractivity (Wildman–Crippen MR) is 70.7 cm³/mol. The molecule has 0 radical (unpaired) electrons. The number of carboxylic acid groups (broad SMARTS) is 1. The molecule has 0 amide bonds. The molecule has 2 aromatic heterocycles. The average Bonchev–Trinajstić information content (AvgIpc) is 3.06. The summed E-state index contributed by atoms with van der Waals surface area (Å²) >= 11 is 0. The fourth-order valence-electron chi connectivity index (χ4n) is 1.96. The van der Waals surface area contributed by atoms with Crippen LogP contribution < -0.4 is 0 Å². The van der Waals surface area contributed by atoms with Gasteiger partial charge in [-0.15, -0.1) is 0 Å². The Hall–Kier alpha value is -2.96. The van der Waals surface area contributed by atoms with E-state index in [1.807, 2.05) is 0 Å². The van der Waals surface area contributed by atoms with Crippen molar-refractivity contribution in [3.05, 3.63) is 53.9 Å². The van der Waals surface area contributed by atoms with E-state index in [0.717, 1.165) is 6.26 Å². The lowest BCUT2D eigenvalue weighted by Gasteiger charge is -2.04. The van der Waals surface area contributed by atoms with E-state index < -0.39 is 5.97 Å². The predicted octanol–water partition coefficient (Wildman–Crippen LogP) is 2.67. The lowest BCUT2D eigenvalue weighted by Crippen LogP contribution is -1.99. The molecule has 0 unspecified atom stereocenters. The highest BCUT2D eigenvalue weighted by molar-refractivity contribution is 5.85. The number of aromatic nitrogens is 3. The Bertz CT molecular complexity index is 805. The summed E-state index contributed by atoms with van der Waals surface area (Å²) in [4.78, 5) is 14.7. The number of carboxylic acids is 1. The van der Waals surface area contributed by atoms with E-state index in [1.165, 1.54) is 18.3 Å². The van der Waals surface area contributed by atoms with Crippen molar-refractivity contribution in [3.8, 4) is 17.1 Å². The van der Waals surface area contributed by atoms with E-state index in [-0.39, 0.29) is 17.4 Å². The van der Waals surface area contributed by atoms with Crippen LogP contribution in [0.2, 0.25) is 0 Å². The second-order valence-corrected chi connectivity index (χ2v) is 4.37. The summed E-state index contributed by atoms with van der Waals surface area (Å²) in [6, 6.07) is 5.86. The third-order valence-electron chi connectivity index (χ3n) is 3.03. The monoisotopic (exact) mass is 287 g/mol. The van der Waals surface area contributed by atoms with Gasteiger partial charge in [0, 0.05) is 0 Å². The van der Waals surface area contributed by atoms with E-state index in [4.69, 9.17) is 9.52 Å². The summed E-state index contributed by atoms with van der Waals surface area (Å²) < 4.78 is 19.7. The quantitative estimate of drug-likeness (QED) is 0.801. The number of nitrogens with zero attached hydrogens (tertiary/aromatic N) is 3. The fourth-order valence-corrected chi connectivity index (χ4v) is 1.96. The Morgan fingerprint density at radius 2 is 2.05 bits per heavy atom. The molecule has 21 heavy (non-hydrogen) atoms. The van der Waals surface area contributed by atoms with E-state index in [1.54, 1.807) is 23.7 Å². The molecule has 1 aromatic carbocycles. The second kappa shape index (κ2) is 4.86. The average molecular weight is 287 g/mol. The van der Waals surface area contributed by atoms with Crippen LogP contribution >= 0.6 is 0 Å². The molecule has 0 saturated heterocycles. The molecule has 3 aromatic rings. The summed E-state index contributed by atoms with van der Waals surface area (Å²) in [6.45, 7) is 1.79. The molecular formula is C14H10FN3O3. The molecule has 0 aliphatic carbocycles. The minimum Gasteiger partial charge on any atom is -0.476 e. The van der Waals surface area contributed by atoms with Crippen molar-refractivity contribution in [2.24, 2.45) is 0 Å². The van der Waals surface area contributed by atoms with Crippen LogP contribution in [0, 0.1) is 12.7 Å². The molecule has 0 spiro atoms. The third-order valence-corrected chi connectivity index (χ3v) is 3.03. The summed E-state index contributed by atoms with van der Waals surface area (Å²) in [5, 5.41) is 13.0. The zero-order valence-corrected chi connectivity index (χ0v) is 10.9. The second-order valence-electron chi connectivity index (χ2n) is 4.37. The van der Waals surface area contributed by atoms with Crippen LogP contribution in [0.4, 0.5) is 4.39 Å². The zero-order valence-electron chi connectivity index (χ0n) is 10.9. The summed E-state index contributed by atoms with van der Waals surface area (Å²) in [5.41, 5.74) is 1.80. The molecule has 106 valence electrons. The lowest BCUT2D eigenvalue weighted by molar-refractivity contribution is 0.0690. The number of halogens is 1. The Morgan fingerprint density at radius 3 is 2.67 bits per heavy atom. The van der Waals surface area contributed by atoms with E-state index in [2.05, 4.69) is 10.1 Å². The molecule has 0 aliphatic rings. The molecule has 1 N–H and O–H groups in total. The smallest absolute Gasteiger partial charge is 0.357 e. The van der Waals surface area contributed by atoms with Crippen molar-refractivity contribution in [3.63, 3.8) is 0 Å². The largest absolute Gasteiger partial charge is 0.476 e. The maximum absolute atomic E-state index is 12.9. The molecule has 0 saturated carbocycles. The normalized spacial score (nSPS) is 10.8. The minimum atomic E-state index is -1.16.